The average molecular weight is 252 g/mol. The van der Waals surface area contributed by atoms with Crippen molar-refractivity contribution in [1.29, 1.82) is 0 Å². The van der Waals surface area contributed by atoms with E-state index < -0.39 is 0 Å². The maximum atomic E-state index is 11.4. The van der Waals surface area contributed by atoms with E-state index in [9.17, 15) is 4.79 Å². The summed E-state index contributed by atoms with van der Waals surface area (Å²) in [5.41, 5.74) is 3.71. The van der Waals surface area contributed by atoms with Gasteiger partial charge in [0.05, 0.1) is 29.2 Å². The molecular weight excluding hydrogens is 240 g/mol. The van der Waals surface area contributed by atoms with E-state index in [4.69, 9.17) is 4.74 Å². The molecule has 0 bridgehead atoms. The molecule has 0 atom stereocenters. The van der Waals surface area contributed by atoms with Gasteiger partial charge in [-0.3, -0.25) is 4.79 Å². The molecule has 0 amide bonds. The van der Waals surface area contributed by atoms with Crippen LogP contribution < -0.4 is 4.74 Å². The summed E-state index contributed by atoms with van der Waals surface area (Å²) >= 11 is 0. The predicted octanol–water partition coefficient (Wildman–Crippen LogP) is 2.99. The minimum absolute atomic E-state index is 0.0264. The van der Waals surface area contributed by atoms with Gasteiger partial charge in [0.2, 0.25) is 0 Å². The molecule has 1 aromatic heterocycles. The average Bonchev–Trinajstić information content (AvgIpc) is 2.43. The van der Waals surface area contributed by atoms with Gasteiger partial charge < -0.3 is 4.74 Å². The lowest BCUT2D eigenvalue weighted by molar-refractivity contribution is 0.101. The van der Waals surface area contributed by atoms with Crippen LogP contribution in [0.2, 0.25) is 0 Å². The predicted molar refractivity (Wildman–Crippen MR) is 73.6 cm³/mol. The molecule has 94 valence electrons. The minimum Gasteiger partial charge on any atom is -0.497 e. The number of ketones is 1. The van der Waals surface area contributed by atoms with Crippen molar-refractivity contribution in [3.8, 4) is 5.75 Å². The molecule has 0 aliphatic heterocycles. The first-order chi connectivity index (χ1) is 9.17. The summed E-state index contributed by atoms with van der Waals surface area (Å²) in [6, 6.07) is 10.9. The quantitative estimate of drug-likeness (QED) is 0.519. The van der Waals surface area contributed by atoms with Crippen LogP contribution in [0.15, 0.2) is 36.4 Å². The van der Waals surface area contributed by atoms with Crippen LogP contribution in [-0.2, 0) is 0 Å². The van der Waals surface area contributed by atoms with Crippen molar-refractivity contribution >= 4 is 27.9 Å². The molecule has 2 aromatic carbocycles. The van der Waals surface area contributed by atoms with Gasteiger partial charge in [0.1, 0.15) is 5.75 Å². The number of aromatic nitrogens is 2. The summed E-state index contributed by atoms with van der Waals surface area (Å²) < 4.78 is 5.17. The first-order valence-electron chi connectivity index (χ1n) is 5.94. The van der Waals surface area contributed by atoms with E-state index in [2.05, 4.69) is 9.97 Å². The van der Waals surface area contributed by atoms with Gasteiger partial charge in [0, 0.05) is 11.6 Å². The van der Waals surface area contributed by atoms with Gasteiger partial charge in [0.15, 0.2) is 5.78 Å². The molecule has 3 rings (SSSR count). The van der Waals surface area contributed by atoms with Crippen molar-refractivity contribution < 1.29 is 9.53 Å². The molecule has 0 radical (unpaired) electrons. The minimum atomic E-state index is 0.0264. The number of rotatable bonds is 2. The Bertz CT molecular complexity index is 797. The zero-order valence-corrected chi connectivity index (χ0v) is 10.7. The third-order valence-electron chi connectivity index (χ3n) is 3.05. The molecule has 0 spiro atoms. The molecular formula is C15H12N2O2. The molecule has 0 aliphatic carbocycles. The number of ether oxygens (including phenoxy) is 1. The molecule has 1 heterocycles. The summed E-state index contributed by atoms with van der Waals surface area (Å²) in [7, 11) is 1.62. The highest BCUT2D eigenvalue weighted by molar-refractivity contribution is 5.98. The lowest BCUT2D eigenvalue weighted by Crippen LogP contribution is -1.94. The van der Waals surface area contributed by atoms with E-state index in [0.29, 0.717) is 5.56 Å². The third kappa shape index (κ3) is 2.01. The smallest absolute Gasteiger partial charge is 0.159 e. The molecule has 0 aliphatic rings. The van der Waals surface area contributed by atoms with Crippen molar-refractivity contribution in [2.75, 3.05) is 7.11 Å². The SMILES string of the molecule is COc1ccc2nc3cc(C(C)=O)ccc3nc2c1. The zero-order valence-electron chi connectivity index (χ0n) is 10.7. The second kappa shape index (κ2) is 4.31. The number of Topliss-reactive ketones (excluding diaryl/α,β-unsaturated/α-hetero) is 1. The van der Waals surface area contributed by atoms with Crippen molar-refractivity contribution in [2.24, 2.45) is 0 Å². The number of carbonyl (C=O) groups excluding carboxylic acids is 1. The molecule has 0 saturated carbocycles. The number of fused-ring (bicyclic) bond motifs is 2. The number of benzene rings is 2. The van der Waals surface area contributed by atoms with Crippen LogP contribution in [0.1, 0.15) is 17.3 Å². The number of nitrogens with zero attached hydrogens (tertiary/aromatic N) is 2. The Kier molecular flexibility index (Phi) is 2.63. The highest BCUT2D eigenvalue weighted by Gasteiger charge is 2.06. The van der Waals surface area contributed by atoms with Crippen LogP contribution in [0.25, 0.3) is 22.1 Å². The Morgan fingerprint density at radius 1 is 0.947 bits per heavy atom. The molecule has 0 saturated heterocycles. The van der Waals surface area contributed by atoms with Crippen LogP contribution >= 0.6 is 0 Å². The van der Waals surface area contributed by atoms with E-state index in [0.717, 1.165) is 27.8 Å². The Morgan fingerprint density at radius 2 is 1.58 bits per heavy atom. The van der Waals surface area contributed by atoms with Crippen molar-refractivity contribution in [3.05, 3.63) is 42.0 Å². The van der Waals surface area contributed by atoms with Gasteiger partial charge in [-0.2, -0.15) is 0 Å². The molecule has 0 N–H and O–H groups in total. The summed E-state index contributed by atoms with van der Waals surface area (Å²) in [5, 5.41) is 0. The number of methoxy groups -OCH3 is 1. The second-order valence-corrected chi connectivity index (χ2v) is 4.34. The van der Waals surface area contributed by atoms with Crippen LogP contribution in [0, 0.1) is 0 Å². The van der Waals surface area contributed by atoms with Crippen LogP contribution in [0.5, 0.6) is 5.75 Å². The molecule has 19 heavy (non-hydrogen) atoms. The van der Waals surface area contributed by atoms with Crippen molar-refractivity contribution in [1.82, 2.24) is 9.97 Å². The highest BCUT2D eigenvalue weighted by Crippen LogP contribution is 2.21. The lowest BCUT2D eigenvalue weighted by atomic mass is 10.1. The molecule has 0 unspecified atom stereocenters. The Morgan fingerprint density at radius 3 is 2.21 bits per heavy atom. The van der Waals surface area contributed by atoms with E-state index in [-0.39, 0.29) is 5.78 Å². The maximum absolute atomic E-state index is 11.4. The lowest BCUT2D eigenvalue weighted by Gasteiger charge is -2.04. The monoisotopic (exact) mass is 252 g/mol. The summed E-state index contributed by atoms with van der Waals surface area (Å²) in [5.74, 6) is 0.778. The fourth-order valence-electron chi connectivity index (χ4n) is 2.00. The largest absolute Gasteiger partial charge is 0.497 e. The van der Waals surface area contributed by atoms with Crippen LogP contribution in [0.4, 0.5) is 0 Å². The summed E-state index contributed by atoms with van der Waals surface area (Å²) in [4.78, 5) is 20.4. The van der Waals surface area contributed by atoms with Gasteiger partial charge in [0.25, 0.3) is 0 Å². The third-order valence-corrected chi connectivity index (χ3v) is 3.05. The van der Waals surface area contributed by atoms with E-state index in [1.165, 1.54) is 0 Å². The maximum Gasteiger partial charge on any atom is 0.159 e. The van der Waals surface area contributed by atoms with E-state index >= 15 is 0 Å². The standard InChI is InChI=1S/C15H12N2O2/c1-9(18)10-3-5-12-14(7-10)16-13-6-4-11(19-2)8-15(13)17-12/h3-8H,1-2H3. The Balaban J connectivity index is 2.28. The summed E-state index contributed by atoms with van der Waals surface area (Å²) in [6.07, 6.45) is 0. The van der Waals surface area contributed by atoms with Crippen molar-refractivity contribution in [2.45, 2.75) is 6.92 Å². The van der Waals surface area contributed by atoms with E-state index in [1.807, 2.05) is 24.3 Å². The molecule has 4 heteroatoms. The highest BCUT2D eigenvalue weighted by atomic mass is 16.5. The molecule has 3 aromatic rings. The fraction of sp³-hybridized carbons (Fsp3) is 0.133. The van der Waals surface area contributed by atoms with E-state index in [1.54, 1.807) is 26.2 Å². The first kappa shape index (κ1) is 11.6. The fourth-order valence-corrected chi connectivity index (χ4v) is 2.00. The number of hydrogen-bond donors (Lipinski definition) is 0. The van der Waals surface area contributed by atoms with Crippen LogP contribution in [-0.4, -0.2) is 22.9 Å². The Labute approximate surface area is 110 Å². The molecule has 0 fully saturated rings. The normalized spacial score (nSPS) is 10.8. The molecule has 4 nitrogen and oxygen atoms in total. The van der Waals surface area contributed by atoms with Crippen LogP contribution in [0.3, 0.4) is 0 Å². The number of carbonyl (C=O) groups is 1. The van der Waals surface area contributed by atoms with Gasteiger partial charge in [-0.1, -0.05) is 0 Å². The summed E-state index contributed by atoms with van der Waals surface area (Å²) in [6.45, 7) is 1.54. The van der Waals surface area contributed by atoms with Gasteiger partial charge >= 0.3 is 0 Å². The van der Waals surface area contributed by atoms with Crippen molar-refractivity contribution in [3.63, 3.8) is 0 Å². The zero-order chi connectivity index (χ0) is 13.4. The first-order valence-corrected chi connectivity index (χ1v) is 5.94. The Hall–Kier alpha value is -2.49. The topological polar surface area (TPSA) is 52.1 Å². The number of hydrogen-bond acceptors (Lipinski definition) is 4. The van der Waals surface area contributed by atoms with Gasteiger partial charge in [-0.05, 0) is 37.3 Å². The van der Waals surface area contributed by atoms with Gasteiger partial charge in [-0.25, -0.2) is 9.97 Å². The second-order valence-electron chi connectivity index (χ2n) is 4.34. The van der Waals surface area contributed by atoms with Gasteiger partial charge in [-0.15, -0.1) is 0 Å².